The lowest BCUT2D eigenvalue weighted by Gasteiger charge is -2.26. The summed E-state index contributed by atoms with van der Waals surface area (Å²) in [5.41, 5.74) is 3.61. The van der Waals surface area contributed by atoms with Crippen LogP contribution in [0.5, 0.6) is 0 Å². The number of benzene rings is 1. The Morgan fingerprint density at radius 2 is 2.04 bits per heavy atom. The number of aryl methyl sites for hydroxylation is 2. The molecule has 1 aromatic heterocycles. The Kier molecular flexibility index (Phi) is 7.06. The molecule has 0 aliphatic carbocycles. The van der Waals surface area contributed by atoms with Crippen LogP contribution < -0.4 is 10.2 Å². The number of hydrogen-bond donors (Lipinski definition) is 2. The lowest BCUT2D eigenvalue weighted by Crippen LogP contribution is -3.10. The maximum absolute atomic E-state index is 5.79. The summed E-state index contributed by atoms with van der Waals surface area (Å²) in [4.78, 5) is 5.46. The van der Waals surface area contributed by atoms with Gasteiger partial charge < -0.3 is 15.1 Å². The minimum absolute atomic E-state index is 0.837. The molecule has 0 atom stereocenters. The van der Waals surface area contributed by atoms with Crippen molar-refractivity contribution in [1.29, 1.82) is 0 Å². The van der Waals surface area contributed by atoms with Gasteiger partial charge in [0.05, 0.1) is 26.2 Å². The first kappa shape index (κ1) is 19.3. The monoisotopic (exact) mass is 388 g/mol. The van der Waals surface area contributed by atoms with Gasteiger partial charge in [-0.3, -0.25) is 0 Å². The van der Waals surface area contributed by atoms with E-state index < -0.39 is 0 Å². The second-order valence-electron chi connectivity index (χ2n) is 7.31. The molecule has 0 bridgehead atoms. The normalized spacial score (nSPS) is 14.5. The highest BCUT2D eigenvalue weighted by molar-refractivity contribution is 7.80. The number of rotatable bonds is 7. The number of anilines is 1. The summed E-state index contributed by atoms with van der Waals surface area (Å²) in [5, 5.41) is 6.48. The molecule has 0 spiro atoms. The Labute approximate surface area is 167 Å². The number of thiocarbonyl (C=S) groups is 1. The molecule has 26 heavy (non-hydrogen) atoms. The van der Waals surface area contributed by atoms with Crippen LogP contribution in [0.4, 0.5) is 5.69 Å². The first-order valence-corrected chi connectivity index (χ1v) is 10.9. The van der Waals surface area contributed by atoms with Crippen molar-refractivity contribution in [3.05, 3.63) is 51.7 Å². The van der Waals surface area contributed by atoms with Gasteiger partial charge in [0.1, 0.15) is 0 Å². The largest absolute Gasteiger partial charge is 0.344 e. The molecule has 1 saturated heterocycles. The van der Waals surface area contributed by atoms with Gasteiger partial charge in [-0.15, -0.1) is 11.3 Å². The van der Waals surface area contributed by atoms with E-state index in [0.717, 1.165) is 23.9 Å². The zero-order valence-electron chi connectivity index (χ0n) is 15.9. The van der Waals surface area contributed by atoms with Crippen LogP contribution in [-0.4, -0.2) is 36.2 Å². The number of hydrogen-bond acceptors (Lipinski definition) is 2. The average Bonchev–Trinajstić information content (AvgIpc) is 3.31. The predicted molar refractivity (Wildman–Crippen MR) is 116 cm³/mol. The molecule has 0 radical (unpaired) electrons. The molecule has 140 valence electrons. The molecule has 2 N–H and O–H groups in total. The van der Waals surface area contributed by atoms with Gasteiger partial charge in [-0.1, -0.05) is 18.2 Å². The first-order chi connectivity index (χ1) is 12.6. The highest BCUT2D eigenvalue weighted by atomic mass is 32.1. The third kappa shape index (κ3) is 5.53. The van der Waals surface area contributed by atoms with Crippen molar-refractivity contribution in [3.8, 4) is 0 Å². The molecule has 2 heterocycles. The smallest absolute Gasteiger partial charge is 0.173 e. The molecular weight excluding hydrogens is 358 g/mol. The molecule has 0 saturated carbocycles. The number of thiophene rings is 1. The molecule has 2 aromatic rings. The van der Waals surface area contributed by atoms with Crippen LogP contribution in [0.25, 0.3) is 0 Å². The summed E-state index contributed by atoms with van der Waals surface area (Å²) in [6.45, 7) is 10.1. The summed E-state index contributed by atoms with van der Waals surface area (Å²) in [6, 6.07) is 10.8. The van der Waals surface area contributed by atoms with Crippen molar-refractivity contribution in [2.75, 3.05) is 31.5 Å². The molecule has 0 amide bonds. The summed E-state index contributed by atoms with van der Waals surface area (Å²) in [7, 11) is 0. The van der Waals surface area contributed by atoms with Gasteiger partial charge in [-0.25, -0.2) is 0 Å². The Hall–Kier alpha value is -1.43. The fraction of sp³-hybridized carbons (Fsp3) is 0.476. The quantitative estimate of drug-likeness (QED) is 0.707. The van der Waals surface area contributed by atoms with Crippen molar-refractivity contribution in [2.45, 2.75) is 39.7 Å². The van der Waals surface area contributed by atoms with E-state index in [0.29, 0.717) is 0 Å². The van der Waals surface area contributed by atoms with Crippen LogP contribution in [0.2, 0.25) is 0 Å². The summed E-state index contributed by atoms with van der Waals surface area (Å²) in [6.07, 6.45) is 3.97. The van der Waals surface area contributed by atoms with E-state index in [-0.39, 0.29) is 0 Å². The molecule has 1 fully saturated rings. The van der Waals surface area contributed by atoms with Gasteiger partial charge in [0.2, 0.25) is 0 Å². The van der Waals surface area contributed by atoms with E-state index in [4.69, 9.17) is 12.2 Å². The van der Waals surface area contributed by atoms with E-state index >= 15 is 0 Å². The van der Waals surface area contributed by atoms with E-state index in [9.17, 15) is 0 Å². The molecule has 1 aliphatic rings. The molecule has 5 heteroatoms. The molecule has 1 aliphatic heterocycles. The standard InChI is InChI=1S/C21H29N3S2/c1-17-8-9-18(2)20(15-17)22-21(25)24(16-19-7-5-14-26-19)13-6-12-23-10-3-4-11-23/h5,7-9,14-15H,3-4,6,10-13,16H2,1-2H3,(H,22,25)/p+1. The van der Waals surface area contributed by atoms with Crippen LogP contribution in [0.1, 0.15) is 35.3 Å². The van der Waals surface area contributed by atoms with Gasteiger partial charge in [0.25, 0.3) is 0 Å². The minimum atomic E-state index is 0.837. The highest BCUT2D eigenvalue weighted by Gasteiger charge is 2.17. The Morgan fingerprint density at radius 3 is 2.77 bits per heavy atom. The average molecular weight is 389 g/mol. The lowest BCUT2D eigenvalue weighted by molar-refractivity contribution is -0.887. The van der Waals surface area contributed by atoms with E-state index in [1.54, 1.807) is 16.2 Å². The number of nitrogens with zero attached hydrogens (tertiary/aromatic N) is 1. The molecule has 3 rings (SSSR count). The third-order valence-electron chi connectivity index (χ3n) is 5.12. The van der Waals surface area contributed by atoms with Gasteiger partial charge in [-0.2, -0.15) is 0 Å². The van der Waals surface area contributed by atoms with E-state index in [1.165, 1.54) is 54.9 Å². The lowest BCUT2D eigenvalue weighted by atomic mass is 10.1. The minimum Gasteiger partial charge on any atom is -0.344 e. The number of nitrogens with one attached hydrogen (secondary N) is 2. The van der Waals surface area contributed by atoms with Crippen molar-refractivity contribution in [3.63, 3.8) is 0 Å². The van der Waals surface area contributed by atoms with Crippen molar-refractivity contribution in [2.24, 2.45) is 0 Å². The maximum Gasteiger partial charge on any atom is 0.173 e. The Morgan fingerprint density at radius 1 is 1.23 bits per heavy atom. The molecule has 1 aromatic carbocycles. The van der Waals surface area contributed by atoms with Crippen LogP contribution in [0.15, 0.2) is 35.7 Å². The Balaban J connectivity index is 1.62. The SMILES string of the molecule is Cc1ccc(C)c(NC(=S)N(CCC[NH+]2CCCC2)Cc2cccs2)c1. The van der Waals surface area contributed by atoms with Crippen LogP contribution in [0.3, 0.4) is 0 Å². The van der Waals surface area contributed by atoms with Gasteiger partial charge in [0.15, 0.2) is 5.11 Å². The second-order valence-corrected chi connectivity index (χ2v) is 8.73. The van der Waals surface area contributed by atoms with Crippen molar-refractivity contribution >= 4 is 34.4 Å². The second kappa shape index (κ2) is 9.49. The van der Waals surface area contributed by atoms with E-state index in [1.807, 2.05) is 0 Å². The zero-order valence-corrected chi connectivity index (χ0v) is 17.5. The number of quaternary nitrogens is 1. The fourth-order valence-corrected chi connectivity index (χ4v) is 4.54. The van der Waals surface area contributed by atoms with Crippen LogP contribution in [-0.2, 0) is 6.54 Å². The topological polar surface area (TPSA) is 19.7 Å². The zero-order chi connectivity index (χ0) is 18.4. The summed E-state index contributed by atoms with van der Waals surface area (Å²) < 4.78 is 0. The summed E-state index contributed by atoms with van der Waals surface area (Å²) >= 11 is 7.60. The Bertz CT molecular complexity index is 706. The molecular formula is C21H30N3S2+. The van der Waals surface area contributed by atoms with Gasteiger partial charge in [-0.05, 0) is 54.7 Å². The third-order valence-corrected chi connectivity index (χ3v) is 6.34. The van der Waals surface area contributed by atoms with Gasteiger partial charge in [0, 0.05) is 36.4 Å². The van der Waals surface area contributed by atoms with Crippen molar-refractivity contribution in [1.82, 2.24) is 4.90 Å². The van der Waals surface area contributed by atoms with Gasteiger partial charge >= 0.3 is 0 Å². The highest BCUT2D eigenvalue weighted by Crippen LogP contribution is 2.18. The van der Waals surface area contributed by atoms with Crippen molar-refractivity contribution < 1.29 is 4.90 Å². The molecule has 3 nitrogen and oxygen atoms in total. The van der Waals surface area contributed by atoms with E-state index in [2.05, 4.69) is 59.8 Å². The van der Waals surface area contributed by atoms with Crippen LogP contribution in [0, 0.1) is 13.8 Å². The summed E-state index contributed by atoms with van der Waals surface area (Å²) in [5.74, 6) is 0. The fourth-order valence-electron chi connectivity index (χ4n) is 3.55. The predicted octanol–water partition coefficient (Wildman–Crippen LogP) is 3.63. The number of likely N-dealkylation sites (tertiary alicyclic amines) is 1. The van der Waals surface area contributed by atoms with Crippen LogP contribution >= 0.6 is 23.6 Å². The molecule has 0 unspecified atom stereocenters. The first-order valence-electron chi connectivity index (χ1n) is 9.61. The maximum atomic E-state index is 5.79.